The van der Waals surface area contributed by atoms with Crippen molar-refractivity contribution in [3.8, 4) is 11.8 Å². The van der Waals surface area contributed by atoms with Crippen LogP contribution in [-0.4, -0.2) is 25.6 Å². The van der Waals surface area contributed by atoms with E-state index in [1.165, 1.54) is 23.0 Å². The van der Waals surface area contributed by atoms with E-state index in [0.29, 0.717) is 23.0 Å². The minimum absolute atomic E-state index is 0.199. The SMILES string of the molecule is O=C(O)c1ccc(Cn2cnc3cnc(C#CCc4cccc(Br)c4)cc3c2=O)cc1. The van der Waals surface area contributed by atoms with E-state index in [1.54, 1.807) is 24.4 Å². The molecule has 0 spiro atoms. The summed E-state index contributed by atoms with van der Waals surface area (Å²) in [5.41, 5.74) is 2.89. The highest BCUT2D eigenvalue weighted by atomic mass is 79.9. The number of rotatable bonds is 4. The topological polar surface area (TPSA) is 85.1 Å². The summed E-state index contributed by atoms with van der Waals surface area (Å²) in [5.74, 6) is 5.11. The van der Waals surface area contributed by atoms with E-state index in [0.717, 1.165) is 15.6 Å². The fraction of sp³-hybridized carbons (Fsp3) is 0.0833. The Kier molecular flexibility index (Phi) is 5.92. The van der Waals surface area contributed by atoms with Gasteiger partial charge < -0.3 is 5.11 Å². The standard InChI is InChI=1S/C24H16BrN3O3/c25-19-5-1-3-16(11-19)4-2-6-20-12-21-22(13-26-20)27-15-28(23(21)29)14-17-7-9-18(10-8-17)24(30)31/h1,3,5,7-13,15H,4,14H2,(H,30,31). The van der Waals surface area contributed by atoms with Crippen molar-refractivity contribution in [2.45, 2.75) is 13.0 Å². The number of halogens is 1. The number of carboxylic acids is 1. The Morgan fingerprint density at radius 1 is 1.06 bits per heavy atom. The second-order valence-electron chi connectivity index (χ2n) is 6.87. The number of aromatic carboxylic acids is 1. The molecule has 0 bridgehead atoms. The summed E-state index contributed by atoms with van der Waals surface area (Å²) in [6.07, 6.45) is 3.59. The molecule has 0 unspecified atom stereocenters. The lowest BCUT2D eigenvalue weighted by Crippen LogP contribution is -2.21. The van der Waals surface area contributed by atoms with Crippen molar-refractivity contribution in [1.29, 1.82) is 0 Å². The molecule has 6 nitrogen and oxygen atoms in total. The number of nitrogens with zero attached hydrogens (tertiary/aromatic N) is 3. The monoisotopic (exact) mass is 473 g/mol. The van der Waals surface area contributed by atoms with Crippen LogP contribution in [0.25, 0.3) is 10.9 Å². The Morgan fingerprint density at radius 2 is 1.87 bits per heavy atom. The van der Waals surface area contributed by atoms with Crippen molar-refractivity contribution in [2.24, 2.45) is 0 Å². The Labute approximate surface area is 186 Å². The van der Waals surface area contributed by atoms with Gasteiger partial charge in [0.25, 0.3) is 5.56 Å². The minimum Gasteiger partial charge on any atom is -0.478 e. The number of carbonyl (C=O) groups is 1. The van der Waals surface area contributed by atoms with Gasteiger partial charge in [0, 0.05) is 10.9 Å². The van der Waals surface area contributed by atoms with E-state index in [2.05, 4.69) is 37.7 Å². The first kappa shape index (κ1) is 20.5. The molecule has 0 aliphatic carbocycles. The number of benzene rings is 2. The average molecular weight is 474 g/mol. The molecule has 0 atom stereocenters. The van der Waals surface area contributed by atoms with E-state index in [-0.39, 0.29) is 17.7 Å². The third-order valence-corrected chi connectivity index (χ3v) is 5.16. The maximum absolute atomic E-state index is 12.9. The molecule has 31 heavy (non-hydrogen) atoms. The second kappa shape index (κ2) is 8.94. The second-order valence-corrected chi connectivity index (χ2v) is 7.79. The van der Waals surface area contributed by atoms with Crippen LogP contribution in [0.4, 0.5) is 0 Å². The summed E-state index contributed by atoms with van der Waals surface area (Å²) in [6.45, 7) is 0.286. The first-order chi connectivity index (χ1) is 15.0. The molecule has 0 saturated heterocycles. The van der Waals surface area contributed by atoms with E-state index in [4.69, 9.17) is 5.11 Å². The fourth-order valence-electron chi connectivity index (χ4n) is 3.08. The van der Waals surface area contributed by atoms with Crippen molar-refractivity contribution in [1.82, 2.24) is 14.5 Å². The molecule has 1 N–H and O–H groups in total. The highest BCUT2D eigenvalue weighted by molar-refractivity contribution is 9.10. The smallest absolute Gasteiger partial charge is 0.335 e. The van der Waals surface area contributed by atoms with Gasteiger partial charge in [-0.2, -0.15) is 0 Å². The molecule has 0 amide bonds. The van der Waals surface area contributed by atoms with Gasteiger partial charge >= 0.3 is 5.97 Å². The van der Waals surface area contributed by atoms with E-state index in [9.17, 15) is 9.59 Å². The molecule has 0 radical (unpaired) electrons. The Hall–Kier alpha value is -3.76. The van der Waals surface area contributed by atoms with Crippen LogP contribution in [0.15, 0.2) is 76.4 Å². The molecule has 0 aliphatic heterocycles. The number of fused-ring (bicyclic) bond motifs is 1. The molecule has 4 aromatic rings. The molecule has 152 valence electrons. The van der Waals surface area contributed by atoms with Crippen LogP contribution in [0, 0.1) is 11.8 Å². The number of carboxylic acid groups (broad SMARTS) is 1. The Bertz CT molecular complexity index is 1400. The van der Waals surface area contributed by atoms with Gasteiger partial charge in [0.2, 0.25) is 0 Å². The van der Waals surface area contributed by atoms with Gasteiger partial charge in [-0.15, -0.1) is 0 Å². The van der Waals surface area contributed by atoms with Gasteiger partial charge in [-0.25, -0.2) is 14.8 Å². The summed E-state index contributed by atoms with van der Waals surface area (Å²) in [7, 11) is 0. The lowest BCUT2D eigenvalue weighted by Gasteiger charge is -2.07. The Balaban J connectivity index is 1.59. The van der Waals surface area contributed by atoms with Crippen molar-refractivity contribution >= 4 is 32.8 Å². The predicted octanol–water partition coefficient (Wildman–Crippen LogP) is 3.89. The molecule has 0 aliphatic rings. The lowest BCUT2D eigenvalue weighted by atomic mass is 10.1. The number of hydrogen-bond acceptors (Lipinski definition) is 4. The molecule has 0 saturated carbocycles. The van der Waals surface area contributed by atoms with Crippen LogP contribution in [0.3, 0.4) is 0 Å². The van der Waals surface area contributed by atoms with Crippen LogP contribution in [-0.2, 0) is 13.0 Å². The van der Waals surface area contributed by atoms with Crippen molar-refractivity contribution in [3.63, 3.8) is 0 Å². The summed E-state index contributed by atoms with van der Waals surface area (Å²) in [4.78, 5) is 32.5. The first-order valence-corrected chi connectivity index (χ1v) is 10.2. The van der Waals surface area contributed by atoms with Crippen molar-refractivity contribution in [3.05, 3.63) is 104 Å². The average Bonchev–Trinajstić information content (AvgIpc) is 2.76. The van der Waals surface area contributed by atoms with Crippen LogP contribution >= 0.6 is 15.9 Å². The molecular formula is C24H16BrN3O3. The highest BCUT2D eigenvalue weighted by Crippen LogP contribution is 2.12. The van der Waals surface area contributed by atoms with Gasteiger partial charge in [-0.1, -0.05) is 46.1 Å². The third kappa shape index (κ3) is 4.87. The van der Waals surface area contributed by atoms with Gasteiger partial charge in [-0.3, -0.25) is 9.36 Å². The van der Waals surface area contributed by atoms with Crippen molar-refractivity contribution < 1.29 is 9.90 Å². The van der Waals surface area contributed by atoms with Crippen LogP contribution < -0.4 is 5.56 Å². The molecule has 0 fully saturated rings. The summed E-state index contributed by atoms with van der Waals surface area (Å²) in [5, 5.41) is 9.44. The lowest BCUT2D eigenvalue weighted by molar-refractivity contribution is 0.0697. The zero-order valence-electron chi connectivity index (χ0n) is 16.2. The van der Waals surface area contributed by atoms with Gasteiger partial charge in [0.15, 0.2) is 0 Å². The molecule has 4 rings (SSSR count). The zero-order valence-corrected chi connectivity index (χ0v) is 17.8. The molecule has 2 aromatic carbocycles. The van der Waals surface area contributed by atoms with Gasteiger partial charge in [0.05, 0.1) is 35.5 Å². The van der Waals surface area contributed by atoms with E-state index >= 15 is 0 Å². The van der Waals surface area contributed by atoms with Gasteiger partial charge in [0.1, 0.15) is 5.69 Å². The van der Waals surface area contributed by atoms with Crippen LogP contribution in [0.1, 0.15) is 27.2 Å². The van der Waals surface area contributed by atoms with Crippen LogP contribution in [0.2, 0.25) is 0 Å². The summed E-state index contributed by atoms with van der Waals surface area (Å²) in [6, 6.07) is 16.0. The van der Waals surface area contributed by atoms with E-state index < -0.39 is 5.97 Å². The number of aromatic nitrogens is 3. The molecule has 7 heteroatoms. The maximum Gasteiger partial charge on any atom is 0.335 e. The predicted molar refractivity (Wildman–Crippen MR) is 121 cm³/mol. The van der Waals surface area contributed by atoms with Crippen molar-refractivity contribution in [2.75, 3.05) is 0 Å². The summed E-state index contributed by atoms with van der Waals surface area (Å²) < 4.78 is 2.48. The molecule has 2 aromatic heterocycles. The molecular weight excluding hydrogens is 458 g/mol. The Morgan fingerprint density at radius 3 is 2.61 bits per heavy atom. The third-order valence-electron chi connectivity index (χ3n) is 4.66. The zero-order chi connectivity index (χ0) is 21.8. The normalized spacial score (nSPS) is 10.5. The van der Waals surface area contributed by atoms with Crippen LogP contribution in [0.5, 0.6) is 0 Å². The van der Waals surface area contributed by atoms with E-state index in [1.807, 2.05) is 24.3 Å². The highest BCUT2D eigenvalue weighted by Gasteiger charge is 2.07. The number of pyridine rings is 1. The maximum atomic E-state index is 12.9. The largest absolute Gasteiger partial charge is 0.478 e. The molecule has 2 heterocycles. The fourth-order valence-corrected chi connectivity index (χ4v) is 3.52. The first-order valence-electron chi connectivity index (χ1n) is 9.40. The summed E-state index contributed by atoms with van der Waals surface area (Å²) >= 11 is 3.44. The quantitative estimate of drug-likeness (QED) is 0.454. The number of hydrogen-bond donors (Lipinski definition) is 1. The van der Waals surface area contributed by atoms with Gasteiger partial charge in [-0.05, 0) is 47.4 Å². The minimum atomic E-state index is -0.989.